The first kappa shape index (κ1) is 39.5. The zero-order valence-corrected chi connectivity index (χ0v) is 28.4. The third-order valence-corrected chi connectivity index (χ3v) is 11.8. The molecule has 0 aliphatic rings. The fraction of sp³-hybridized carbons (Fsp3) is 0.462. The van der Waals surface area contributed by atoms with Crippen LogP contribution in [0, 0.1) is 0 Å². The lowest BCUT2D eigenvalue weighted by Crippen LogP contribution is -2.39. The molecule has 0 aromatic heterocycles. The maximum absolute atomic E-state index is 13.2. The van der Waals surface area contributed by atoms with E-state index in [1.165, 1.54) is 0 Å². The summed E-state index contributed by atoms with van der Waals surface area (Å²) in [4.78, 5) is 24.3. The standard InChI is InChI=1S/C26H39N2O15P3/c1-36-45(34,37-2)25(31,15-17-27-23(29)40-19-21-11-7-5-8-12-21)42-44(33)43-26(32,46(35,38-3)39-4)16-18-28-24(30)41-20-22-13-9-6-10-14-22/h5-14,31-32,44H,15-20H2,1-4H3,(H,27,29)(H,28,30). The number of aliphatic hydroxyl groups is 2. The van der Waals surface area contributed by atoms with Gasteiger partial charge in [-0.15, -0.1) is 0 Å². The van der Waals surface area contributed by atoms with Crippen molar-refractivity contribution in [2.45, 2.75) is 37.1 Å². The fourth-order valence-electron chi connectivity index (χ4n) is 3.70. The summed E-state index contributed by atoms with van der Waals surface area (Å²) in [6.45, 7) is -1.07. The molecule has 2 aromatic rings. The minimum absolute atomic E-state index is 0.0686. The molecular formula is C26H39N2O15P3. The van der Waals surface area contributed by atoms with Crippen molar-refractivity contribution >= 4 is 35.6 Å². The second-order valence-electron chi connectivity index (χ2n) is 9.14. The molecule has 0 saturated heterocycles. The Morgan fingerprint density at radius 3 is 1.30 bits per heavy atom. The number of benzene rings is 2. The van der Waals surface area contributed by atoms with Crippen LogP contribution in [0.3, 0.4) is 0 Å². The van der Waals surface area contributed by atoms with Gasteiger partial charge in [-0.2, -0.15) is 0 Å². The van der Waals surface area contributed by atoms with Crippen LogP contribution in [-0.2, 0) is 63.5 Å². The van der Waals surface area contributed by atoms with Gasteiger partial charge in [0.15, 0.2) is 0 Å². The average molecular weight is 713 g/mol. The van der Waals surface area contributed by atoms with Crippen LogP contribution in [-0.4, -0.2) is 75.0 Å². The van der Waals surface area contributed by atoms with Crippen LogP contribution in [0.2, 0.25) is 0 Å². The fourth-order valence-corrected chi connectivity index (χ4v) is 8.03. The Kier molecular flexibility index (Phi) is 16.0. The molecule has 4 N–H and O–H groups in total. The van der Waals surface area contributed by atoms with Crippen LogP contribution < -0.4 is 10.6 Å². The molecule has 2 unspecified atom stereocenters. The van der Waals surface area contributed by atoms with E-state index < -0.39 is 72.6 Å². The van der Waals surface area contributed by atoms with E-state index in [1.807, 2.05) is 0 Å². The smallest absolute Gasteiger partial charge is 0.407 e. The molecule has 2 amide bonds. The van der Waals surface area contributed by atoms with E-state index in [0.717, 1.165) is 28.4 Å². The van der Waals surface area contributed by atoms with E-state index in [2.05, 4.69) is 10.6 Å². The topological polar surface area (TPSA) is 224 Å². The Hall–Kier alpha value is -2.65. The predicted octanol–water partition coefficient (Wildman–Crippen LogP) is 4.31. The molecule has 0 heterocycles. The molecule has 0 bridgehead atoms. The second-order valence-corrected chi connectivity index (χ2v) is 14.9. The van der Waals surface area contributed by atoms with Gasteiger partial charge >= 0.3 is 35.6 Å². The number of carbonyl (C=O) groups is 2. The maximum Gasteiger partial charge on any atom is 0.407 e. The van der Waals surface area contributed by atoms with Crippen molar-refractivity contribution in [3.8, 4) is 0 Å². The second kappa shape index (κ2) is 18.6. The minimum atomic E-state index is -4.67. The van der Waals surface area contributed by atoms with Crippen LogP contribution >= 0.6 is 23.4 Å². The lowest BCUT2D eigenvalue weighted by molar-refractivity contribution is -0.125. The Morgan fingerprint density at radius 2 is 1.00 bits per heavy atom. The van der Waals surface area contributed by atoms with Gasteiger partial charge in [0.1, 0.15) is 13.2 Å². The van der Waals surface area contributed by atoms with Crippen LogP contribution in [0.25, 0.3) is 0 Å². The molecule has 0 spiro atoms. The third kappa shape index (κ3) is 11.3. The normalized spacial score (nSPS) is 15.2. The largest absolute Gasteiger partial charge is 0.445 e. The number of ether oxygens (including phenoxy) is 2. The third-order valence-electron chi connectivity index (χ3n) is 6.18. The first-order chi connectivity index (χ1) is 21.8. The summed E-state index contributed by atoms with van der Waals surface area (Å²) in [5.41, 5.74) is -4.67. The number of rotatable bonds is 20. The molecule has 258 valence electrons. The van der Waals surface area contributed by atoms with Gasteiger partial charge in [0.25, 0.3) is 11.1 Å². The van der Waals surface area contributed by atoms with Crippen molar-refractivity contribution in [1.82, 2.24) is 10.6 Å². The Bertz CT molecular complexity index is 1250. The molecule has 2 atom stereocenters. The average Bonchev–Trinajstić information content (AvgIpc) is 3.06. The number of hydrogen-bond acceptors (Lipinski definition) is 15. The van der Waals surface area contributed by atoms with E-state index in [4.69, 9.17) is 36.6 Å². The molecule has 20 heteroatoms. The Balaban J connectivity index is 2.09. The lowest BCUT2D eigenvalue weighted by atomic mass is 10.2. The number of hydrogen-bond donors (Lipinski definition) is 4. The van der Waals surface area contributed by atoms with E-state index in [-0.39, 0.29) is 13.2 Å². The van der Waals surface area contributed by atoms with Crippen molar-refractivity contribution in [1.29, 1.82) is 0 Å². The summed E-state index contributed by atoms with van der Waals surface area (Å²) < 4.78 is 79.0. The first-order valence-corrected chi connectivity index (χ1v) is 17.8. The lowest BCUT2D eigenvalue weighted by Gasteiger charge is -2.35. The summed E-state index contributed by atoms with van der Waals surface area (Å²) in [5, 5.41) is 26.9. The van der Waals surface area contributed by atoms with Crippen molar-refractivity contribution in [3.05, 3.63) is 71.8 Å². The van der Waals surface area contributed by atoms with Crippen molar-refractivity contribution in [2.24, 2.45) is 0 Å². The first-order valence-electron chi connectivity index (χ1n) is 13.5. The molecule has 17 nitrogen and oxygen atoms in total. The molecule has 0 radical (unpaired) electrons. The summed E-state index contributed by atoms with van der Waals surface area (Å²) in [7, 11) is -9.92. The number of carbonyl (C=O) groups excluding carboxylic acids is 2. The summed E-state index contributed by atoms with van der Waals surface area (Å²) in [5.74, 6) is 0. The van der Waals surface area contributed by atoms with Gasteiger partial charge < -0.3 is 48.4 Å². The molecule has 0 aliphatic carbocycles. The van der Waals surface area contributed by atoms with Crippen molar-refractivity contribution in [2.75, 3.05) is 41.5 Å². The van der Waals surface area contributed by atoms with Crippen molar-refractivity contribution in [3.63, 3.8) is 0 Å². The minimum Gasteiger partial charge on any atom is -0.445 e. The molecule has 0 saturated carbocycles. The molecule has 46 heavy (non-hydrogen) atoms. The molecule has 2 aromatic carbocycles. The molecule has 2 rings (SSSR count). The van der Waals surface area contributed by atoms with Gasteiger partial charge in [-0.1, -0.05) is 60.7 Å². The zero-order valence-electron chi connectivity index (χ0n) is 25.6. The van der Waals surface area contributed by atoms with Crippen LogP contribution in [0.5, 0.6) is 0 Å². The van der Waals surface area contributed by atoms with E-state index in [1.54, 1.807) is 60.7 Å². The summed E-state index contributed by atoms with van der Waals surface area (Å²) >= 11 is 0. The molecule has 0 fully saturated rings. The number of amides is 2. The van der Waals surface area contributed by atoms with E-state index in [9.17, 15) is 33.5 Å². The van der Waals surface area contributed by atoms with Crippen LogP contribution in [0.1, 0.15) is 24.0 Å². The van der Waals surface area contributed by atoms with Gasteiger partial charge in [-0.25, -0.2) is 9.59 Å². The predicted molar refractivity (Wildman–Crippen MR) is 163 cm³/mol. The van der Waals surface area contributed by atoms with E-state index >= 15 is 0 Å². The highest BCUT2D eigenvalue weighted by atomic mass is 31.2. The quantitative estimate of drug-likeness (QED) is 0.111. The van der Waals surface area contributed by atoms with Crippen LogP contribution in [0.15, 0.2) is 60.7 Å². The number of alkyl carbamates (subject to hydrolysis) is 2. The van der Waals surface area contributed by atoms with Gasteiger partial charge in [0.05, 0.1) is 0 Å². The van der Waals surface area contributed by atoms with Gasteiger partial charge in [0.2, 0.25) is 0 Å². The summed E-state index contributed by atoms with van der Waals surface area (Å²) in [6, 6.07) is 17.5. The van der Waals surface area contributed by atoms with Crippen LogP contribution in [0.4, 0.5) is 9.59 Å². The monoisotopic (exact) mass is 712 g/mol. The SMILES string of the molecule is COP(=O)(OC)C(O)(CCNC(=O)OCc1ccccc1)O[PH](=O)OC(O)(CCNC(=O)OCc1ccccc1)P(=O)(OC)OC. The summed E-state index contributed by atoms with van der Waals surface area (Å²) in [6.07, 6.45) is -3.34. The van der Waals surface area contributed by atoms with Gasteiger partial charge in [-0.05, 0) is 11.1 Å². The number of nitrogens with one attached hydrogen (secondary N) is 2. The highest BCUT2D eigenvalue weighted by Crippen LogP contribution is 2.65. The molecular weight excluding hydrogens is 673 g/mol. The Morgan fingerprint density at radius 1 is 0.674 bits per heavy atom. The maximum atomic E-state index is 13.2. The highest BCUT2D eigenvalue weighted by molar-refractivity contribution is 7.56. The zero-order chi connectivity index (χ0) is 34.3. The van der Waals surface area contributed by atoms with Crippen molar-refractivity contribution < 1.29 is 70.1 Å². The van der Waals surface area contributed by atoms with Gasteiger partial charge in [-0.3, -0.25) is 22.7 Å². The highest BCUT2D eigenvalue weighted by Gasteiger charge is 2.55. The van der Waals surface area contributed by atoms with E-state index in [0.29, 0.717) is 11.1 Å². The van der Waals surface area contributed by atoms with Gasteiger partial charge in [0, 0.05) is 54.4 Å². The molecule has 0 aliphatic heterocycles. The Labute approximate surface area is 266 Å².